The van der Waals surface area contributed by atoms with Crippen molar-refractivity contribution in [2.75, 3.05) is 0 Å². The molecule has 0 aliphatic heterocycles. The molecule has 122 valence electrons. The van der Waals surface area contributed by atoms with Crippen molar-refractivity contribution in [3.8, 4) is 5.75 Å². The first kappa shape index (κ1) is 20.2. The molecular formula is C20H30O2. The lowest BCUT2D eigenvalue weighted by atomic mass is 10.0. The van der Waals surface area contributed by atoms with Crippen molar-refractivity contribution in [1.29, 1.82) is 0 Å². The van der Waals surface area contributed by atoms with Crippen LogP contribution in [-0.4, -0.2) is 5.97 Å². The van der Waals surface area contributed by atoms with Crippen LogP contribution >= 0.6 is 0 Å². The molecule has 2 rings (SSSR count). The molecular weight excluding hydrogens is 272 g/mol. The average molecular weight is 302 g/mol. The predicted octanol–water partition coefficient (Wildman–Crippen LogP) is 6.16. The van der Waals surface area contributed by atoms with Crippen LogP contribution < -0.4 is 4.74 Å². The van der Waals surface area contributed by atoms with Gasteiger partial charge >= 0.3 is 5.97 Å². The number of hydrogen-bond acceptors (Lipinski definition) is 2. The smallest absolute Gasteiger partial charge is 0.308 e. The molecule has 2 nitrogen and oxygen atoms in total. The molecule has 0 saturated heterocycles. The first-order chi connectivity index (χ1) is 9.69. The van der Waals surface area contributed by atoms with Gasteiger partial charge in [-0.3, -0.25) is 4.79 Å². The molecule has 0 aliphatic carbocycles. The van der Waals surface area contributed by atoms with Crippen molar-refractivity contribution in [2.24, 2.45) is 0 Å². The average Bonchev–Trinajstić information content (AvgIpc) is 2.43. The Labute approximate surface area is 135 Å². The zero-order valence-electron chi connectivity index (χ0n) is 12.3. The summed E-state index contributed by atoms with van der Waals surface area (Å²) in [6, 6.07) is 12.3. The van der Waals surface area contributed by atoms with Crippen LogP contribution in [0.1, 0.15) is 59.9 Å². The van der Waals surface area contributed by atoms with E-state index in [9.17, 15) is 4.79 Å². The van der Waals surface area contributed by atoms with Gasteiger partial charge in [0.05, 0.1) is 0 Å². The molecule has 0 amide bonds. The summed E-state index contributed by atoms with van der Waals surface area (Å²) in [4.78, 5) is 11.0. The first-order valence-electron chi connectivity index (χ1n) is 7.40. The highest BCUT2D eigenvalue weighted by molar-refractivity contribution is 5.85. The van der Waals surface area contributed by atoms with Gasteiger partial charge in [0.15, 0.2) is 0 Å². The van der Waals surface area contributed by atoms with Gasteiger partial charge in [-0.05, 0) is 41.3 Å². The van der Waals surface area contributed by atoms with Gasteiger partial charge in [0, 0.05) is 6.92 Å². The number of esters is 1. The Hall–Kier alpha value is -1.83. The van der Waals surface area contributed by atoms with Crippen LogP contribution in [0.4, 0.5) is 0 Å². The summed E-state index contributed by atoms with van der Waals surface area (Å²) in [6.45, 7) is 3.65. The molecule has 0 saturated carbocycles. The largest absolute Gasteiger partial charge is 0.427 e. The minimum Gasteiger partial charge on any atom is -0.427 e. The second-order valence-electron chi connectivity index (χ2n) is 5.25. The lowest BCUT2D eigenvalue weighted by molar-refractivity contribution is -0.131. The summed E-state index contributed by atoms with van der Waals surface area (Å²) in [7, 11) is 0. The van der Waals surface area contributed by atoms with Gasteiger partial charge in [-0.1, -0.05) is 65.3 Å². The second-order valence-corrected chi connectivity index (χ2v) is 5.25. The Kier molecular flexibility index (Phi) is 9.16. The lowest BCUT2D eigenvalue weighted by Crippen LogP contribution is -2.00. The number of hydrogen-bond donors (Lipinski definition) is 0. The SMILES string of the molecule is C.C.CCCCCCc1ccc2cc(OC(C)=O)ccc2c1. The quantitative estimate of drug-likeness (QED) is 0.363. The third-order valence-electron chi connectivity index (χ3n) is 3.46. The Morgan fingerprint density at radius 3 is 2.32 bits per heavy atom. The fourth-order valence-electron chi connectivity index (χ4n) is 2.41. The van der Waals surface area contributed by atoms with E-state index in [-0.39, 0.29) is 20.8 Å². The van der Waals surface area contributed by atoms with Crippen LogP contribution in [0.25, 0.3) is 10.8 Å². The highest BCUT2D eigenvalue weighted by Gasteiger charge is 2.01. The number of unbranched alkanes of at least 4 members (excludes halogenated alkanes) is 3. The predicted molar refractivity (Wildman–Crippen MR) is 96.6 cm³/mol. The van der Waals surface area contributed by atoms with E-state index in [0.717, 1.165) is 11.8 Å². The minimum absolute atomic E-state index is 0. The summed E-state index contributed by atoms with van der Waals surface area (Å²) in [5, 5.41) is 2.31. The molecule has 0 fully saturated rings. The minimum atomic E-state index is -0.281. The standard InChI is InChI=1S/C18H22O2.2CH4/c1-3-4-5-6-7-15-8-9-17-13-18(20-14(2)19)11-10-16(17)12-15;;/h8-13H,3-7H2,1-2H3;2*1H4. The van der Waals surface area contributed by atoms with E-state index < -0.39 is 0 Å². The van der Waals surface area contributed by atoms with Crippen LogP contribution in [0.15, 0.2) is 36.4 Å². The lowest BCUT2D eigenvalue weighted by Gasteiger charge is -2.06. The van der Waals surface area contributed by atoms with E-state index in [0.29, 0.717) is 5.75 Å². The maximum Gasteiger partial charge on any atom is 0.308 e. The van der Waals surface area contributed by atoms with Gasteiger partial charge in [0.25, 0.3) is 0 Å². The Morgan fingerprint density at radius 1 is 0.955 bits per heavy atom. The zero-order valence-corrected chi connectivity index (χ0v) is 12.3. The number of carbonyl (C=O) groups excluding carboxylic acids is 1. The van der Waals surface area contributed by atoms with Crippen molar-refractivity contribution in [2.45, 2.75) is 60.8 Å². The van der Waals surface area contributed by atoms with Crippen LogP contribution in [0.5, 0.6) is 5.75 Å². The Bertz CT molecular complexity index is 587. The van der Waals surface area contributed by atoms with E-state index in [1.807, 2.05) is 18.2 Å². The molecule has 2 heteroatoms. The number of carbonyl (C=O) groups is 1. The molecule has 0 bridgehead atoms. The van der Waals surface area contributed by atoms with Crippen LogP contribution in [-0.2, 0) is 11.2 Å². The summed E-state index contributed by atoms with van der Waals surface area (Å²) >= 11 is 0. The molecule has 0 N–H and O–H groups in total. The normalized spacial score (nSPS) is 9.73. The molecule has 0 radical (unpaired) electrons. The van der Waals surface area contributed by atoms with Crippen molar-refractivity contribution in [1.82, 2.24) is 0 Å². The fraction of sp³-hybridized carbons (Fsp3) is 0.450. The van der Waals surface area contributed by atoms with E-state index in [1.165, 1.54) is 43.6 Å². The number of rotatable bonds is 6. The number of benzene rings is 2. The van der Waals surface area contributed by atoms with Gasteiger partial charge < -0.3 is 4.74 Å². The summed E-state index contributed by atoms with van der Waals surface area (Å²) in [6.07, 6.45) is 6.29. The number of fused-ring (bicyclic) bond motifs is 1. The molecule has 2 aromatic rings. The highest BCUT2D eigenvalue weighted by atomic mass is 16.5. The molecule has 0 unspecified atom stereocenters. The van der Waals surface area contributed by atoms with Gasteiger partial charge in [0.1, 0.15) is 5.75 Å². The summed E-state index contributed by atoms with van der Waals surface area (Å²) in [5.41, 5.74) is 1.38. The first-order valence-corrected chi connectivity index (χ1v) is 7.40. The monoisotopic (exact) mass is 302 g/mol. The van der Waals surface area contributed by atoms with Crippen molar-refractivity contribution >= 4 is 16.7 Å². The van der Waals surface area contributed by atoms with E-state index in [1.54, 1.807) is 0 Å². The maximum atomic E-state index is 11.0. The second kappa shape index (κ2) is 9.99. The molecule has 0 spiro atoms. The van der Waals surface area contributed by atoms with Crippen LogP contribution in [0, 0.1) is 0 Å². The fourth-order valence-corrected chi connectivity index (χ4v) is 2.41. The highest BCUT2D eigenvalue weighted by Crippen LogP contribution is 2.23. The van der Waals surface area contributed by atoms with Crippen LogP contribution in [0.3, 0.4) is 0 Å². The van der Waals surface area contributed by atoms with Crippen molar-refractivity contribution in [3.63, 3.8) is 0 Å². The summed E-state index contributed by atoms with van der Waals surface area (Å²) < 4.78 is 5.11. The van der Waals surface area contributed by atoms with Gasteiger partial charge in [-0.25, -0.2) is 0 Å². The molecule has 0 aromatic heterocycles. The van der Waals surface area contributed by atoms with E-state index in [4.69, 9.17) is 4.74 Å². The molecule has 0 heterocycles. The van der Waals surface area contributed by atoms with E-state index in [2.05, 4.69) is 25.1 Å². The topological polar surface area (TPSA) is 26.3 Å². The van der Waals surface area contributed by atoms with Crippen molar-refractivity contribution < 1.29 is 9.53 Å². The Balaban J connectivity index is 0.00000220. The van der Waals surface area contributed by atoms with Gasteiger partial charge in [-0.15, -0.1) is 0 Å². The number of aryl methyl sites for hydroxylation is 1. The van der Waals surface area contributed by atoms with Gasteiger partial charge in [-0.2, -0.15) is 0 Å². The molecule has 0 atom stereocenters. The van der Waals surface area contributed by atoms with Crippen LogP contribution in [0.2, 0.25) is 0 Å². The Morgan fingerprint density at radius 2 is 1.64 bits per heavy atom. The molecule has 22 heavy (non-hydrogen) atoms. The number of ether oxygens (including phenoxy) is 1. The zero-order chi connectivity index (χ0) is 14.4. The van der Waals surface area contributed by atoms with Gasteiger partial charge in [0.2, 0.25) is 0 Å². The third kappa shape index (κ3) is 5.88. The van der Waals surface area contributed by atoms with Crippen molar-refractivity contribution in [3.05, 3.63) is 42.0 Å². The molecule has 0 aliphatic rings. The molecule has 2 aromatic carbocycles. The summed E-state index contributed by atoms with van der Waals surface area (Å²) in [5.74, 6) is 0.331. The third-order valence-corrected chi connectivity index (χ3v) is 3.46. The van der Waals surface area contributed by atoms with E-state index >= 15 is 0 Å². The maximum absolute atomic E-state index is 11.0.